The Kier molecular flexibility index (Phi) is 6.95. The SMILES string of the molecule is C\C1=C/C=C\C=N\B(c2ccccc2Oc2cc(N3c4ccccc4C(C)(C)c4ccccc43)ccc2C)n2c1nc1ccccc12. The minimum absolute atomic E-state index is 0.122. The summed E-state index contributed by atoms with van der Waals surface area (Å²) in [6.45, 7) is 8.43. The fraction of sp³-hybridized carbons (Fsp3) is 0.122. The van der Waals surface area contributed by atoms with Crippen molar-refractivity contribution < 1.29 is 4.74 Å². The molecule has 0 aliphatic carbocycles. The van der Waals surface area contributed by atoms with E-state index in [-0.39, 0.29) is 12.4 Å². The van der Waals surface area contributed by atoms with Gasteiger partial charge in [-0.3, -0.25) is 0 Å². The van der Waals surface area contributed by atoms with Crippen LogP contribution in [0, 0.1) is 6.92 Å². The molecule has 0 unspecified atom stereocenters. The molecule has 0 fully saturated rings. The normalized spacial score (nSPS) is 17.3. The van der Waals surface area contributed by atoms with E-state index in [2.05, 4.69) is 134 Å². The molecule has 3 heterocycles. The summed E-state index contributed by atoms with van der Waals surface area (Å²) in [4.78, 5) is 12.5. The summed E-state index contributed by atoms with van der Waals surface area (Å²) in [5, 5.41) is 0. The van der Waals surface area contributed by atoms with Crippen molar-refractivity contribution in [3.63, 3.8) is 0 Å². The second kappa shape index (κ2) is 11.3. The van der Waals surface area contributed by atoms with Crippen LogP contribution in [0.3, 0.4) is 0 Å². The Labute approximate surface area is 276 Å². The highest BCUT2D eigenvalue weighted by atomic mass is 16.5. The smallest absolute Gasteiger partial charge is 0.439 e. The van der Waals surface area contributed by atoms with Crippen LogP contribution < -0.4 is 15.1 Å². The number of ether oxygens (including phenoxy) is 1. The lowest BCUT2D eigenvalue weighted by atomic mass is 9.67. The molecule has 228 valence electrons. The highest BCUT2D eigenvalue weighted by Crippen LogP contribution is 2.52. The predicted octanol–water partition coefficient (Wildman–Crippen LogP) is 9.53. The van der Waals surface area contributed by atoms with Gasteiger partial charge < -0.3 is 19.0 Å². The second-order valence-corrected chi connectivity index (χ2v) is 12.8. The first-order valence-electron chi connectivity index (χ1n) is 16.1. The second-order valence-electron chi connectivity index (χ2n) is 12.8. The summed E-state index contributed by atoms with van der Waals surface area (Å²) >= 11 is 0. The number of fused-ring (bicyclic) bond motifs is 5. The summed E-state index contributed by atoms with van der Waals surface area (Å²) in [7, 11) is 0. The minimum Gasteiger partial charge on any atom is -0.457 e. The van der Waals surface area contributed by atoms with Crippen molar-refractivity contribution in [2.75, 3.05) is 4.90 Å². The topological polar surface area (TPSA) is 42.6 Å². The van der Waals surface area contributed by atoms with Gasteiger partial charge in [-0.15, -0.1) is 0 Å². The molecular formula is C41H35BN4O. The first kappa shape index (κ1) is 28.8. The van der Waals surface area contributed by atoms with Crippen LogP contribution in [0.4, 0.5) is 17.1 Å². The molecule has 1 aromatic heterocycles. The van der Waals surface area contributed by atoms with Crippen LogP contribution in [0.1, 0.15) is 43.3 Å². The van der Waals surface area contributed by atoms with Gasteiger partial charge in [0.15, 0.2) is 0 Å². The zero-order valence-corrected chi connectivity index (χ0v) is 27.1. The van der Waals surface area contributed by atoms with Gasteiger partial charge in [0, 0.05) is 28.8 Å². The molecule has 2 aliphatic heterocycles. The molecule has 0 saturated heterocycles. The molecule has 5 nitrogen and oxygen atoms in total. The van der Waals surface area contributed by atoms with Crippen LogP contribution in [0.25, 0.3) is 16.6 Å². The maximum Gasteiger partial charge on any atom is 0.439 e. The molecule has 0 amide bonds. The van der Waals surface area contributed by atoms with E-state index in [4.69, 9.17) is 14.6 Å². The third-order valence-electron chi connectivity index (χ3n) is 9.45. The van der Waals surface area contributed by atoms with Crippen LogP contribution in [0.2, 0.25) is 0 Å². The third-order valence-corrected chi connectivity index (χ3v) is 9.45. The van der Waals surface area contributed by atoms with Crippen molar-refractivity contribution >= 4 is 52.3 Å². The minimum atomic E-state index is -0.383. The Morgan fingerprint density at radius 1 is 0.702 bits per heavy atom. The molecule has 0 saturated carbocycles. The Morgan fingerprint density at radius 3 is 2.17 bits per heavy atom. The number of nitrogens with zero attached hydrogens (tertiary/aromatic N) is 4. The maximum atomic E-state index is 6.91. The molecule has 8 rings (SSSR count). The van der Waals surface area contributed by atoms with Crippen LogP contribution in [0.5, 0.6) is 11.5 Å². The molecule has 6 heteroatoms. The number of benzene rings is 5. The van der Waals surface area contributed by atoms with Gasteiger partial charge in [-0.1, -0.05) is 98.8 Å². The van der Waals surface area contributed by atoms with Crippen molar-refractivity contribution in [1.29, 1.82) is 0 Å². The zero-order valence-electron chi connectivity index (χ0n) is 27.1. The molecule has 0 bridgehead atoms. The number of imidazole rings is 1. The number of aryl methyl sites for hydroxylation is 1. The third kappa shape index (κ3) is 4.80. The first-order chi connectivity index (χ1) is 22.9. The Balaban J connectivity index is 1.25. The molecule has 5 aromatic carbocycles. The number of hydrogen-bond acceptors (Lipinski definition) is 4. The molecular weight excluding hydrogens is 575 g/mol. The van der Waals surface area contributed by atoms with Crippen molar-refractivity contribution in [3.8, 4) is 11.5 Å². The average molecular weight is 611 g/mol. The lowest BCUT2D eigenvalue weighted by molar-refractivity contribution is 0.482. The summed E-state index contributed by atoms with van der Waals surface area (Å²) in [6, 6.07) is 40.4. The van der Waals surface area contributed by atoms with Crippen LogP contribution in [-0.4, -0.2) is 22.7 Å². The van der Waals surface area contributed by atoms with E-state index in [0.717, 1.165) is 50.6 Å². The van der Waals surface area contributed by atoms with Gasteiger partial charge >= 0.3 is 6.98 Å². The fourth-order valence-electron chi connectivity index (χ4n) is 7.00. The number of para-hydroxylation sites is 5. The maximum absolute atomic E-state index is 6.91. The van der Waals surface area contributed by atoms with E-state index in [1.165, 1.54) is 22.5 Å². The Morgan fingerprint density at radius 2 is 1.38 bits per heavy atom. The van der Waals surface area contributed by atoms with Gasteiger partial charge in [-0.05, 0) is 78.6 Å². The standard InChI is InChI=1S/C41H35BN4O/c1-28-24-25-30(45-35-20-9-5-16-31(35)41(3,4)32-17-6-10-21-36(32)45)27-39(28)47-38-23-12-7-18-33(38)42-43-26-14-13-15-29(2)40-44-34-19-8-11-22-37(34)46(40)42/h5-27H,1-4H3/b14-13-,29-15+,43-26+. The van der Waals surface area contributed by atoms with Crippen LogP contribution in [0.15, 0.2) is 138 Å². The molecule has 47 heavy (non-hydrogen) atoms. The van der Waals surface area contributed by atoms with Crippen molar-refractivity contribution in [3.05, 3.63) is 156 Å². The van der Waals surface area contributed by atoms with Crippen molar-refractivity contribution in [1.82, 2.24) is 9.46 Å². The van der Waals surface area contributed by atoms with E-state index in [1.54, 1.807) is 0 Å². The van der Waals surface area contributed by atoms with E-state index in [0.29, 0.717) is 0 Å². The van der Waals surface area contributed by atoms with Gasteiger partial charge in [0.25, 0.3) is 0 Å². The predicted molar refractivity (Wildman–Crippen MR) is 196 cm³/mol. The van der Waals surface area contributed by atoms with Gasteiger partial charge in [0.1, 0.15) is 17.3 Å². The monoisotopic (exact) mass is 610 g/mol. The van der Waals surface area contributed by atoms with Gasteiger partial charge in [0.05, 0.1) is 22.4 Å². The number of aromatic nitrogens is 2. The van der Waals surface area contributed by atoms with Crippen LogP contribution >= 0.6 is 0 Å². The van der Waals surface area contributed by atoms with E-state index >= 15 is 0 Å². The van der Waals surface area contributed by atoms with E-state index in [1.807, 2.05) is 42.6 Å². The Hall–Kier alpha value is -5.62. The molecule has 2 aliphatic rings. The quantitative estimate of drug-likeness (QED) is 0.187. The highest BCUT2D eigenvalue weighted by Gasteiger charge is 2.36. The Bertz CT molecular complexity index is 2210. The fourth-order valence-corrected chi connectivity index (χ4v) is 7.00. The van der Waals surface area contributed by atoms with Crippen LogP contribution in [-0.2, 0) is 5.41 Å². The largest absolute Gasteiger partial charge is 0.457 e. The molecule has 0 radical (unpaired) electrons. The van der Waals surface area contributed by atoms with Gasteiger partial charge in [0.2, 0.25) is 0 Å². The number of hydrogen-bond donors (Lipinski definition) is 0. The number of allylic oxidation sites excluding steroid dienone is 4. The summed E-state index contributed by atoms with van der Waals surface area (Å²) in [5.74, 6) is 2.44. The zero-order chi connectivity index (χ0) is 32.1. The lowest BCUT2D eigenvalue weighted by Crippen LogP contribution is -2.38. The summed E-state index contributed by atoms with van der Waals surface area (Å²) in [5.41, 5.74) is 10.9. The molecule has 0 atom stereocenters. The molecule has 0 spiro atoms. The van der Waals surface area contributed by atoms with E-state index < -0.39 is 0 Å². The van der Waals surface area contributed by atoms with Crippen molar-refractivity contribution in [2.45, 2.75) is 33.1 Å². The first-order valence-corrected chi connectivity index (χ1v) is 16.1. The highest BCUT2D eigenvalue weighted by molar-refractivity contribution is 6.73. The van der Waals surface area contributed by atoms with E-state index in [9.17, 15) is 0 Å². The number of rotatable bonds is 4. The average Bonchev–Trinajstić information content (AvgIpc) is 3.50. The lowest BCUT2D eigenvalue weighted by Gasteiger charge is -2.42. The van der Waals surface area contributed by atoms with Crippen molar-refractivity contribution in [2.24, 2.45) is 4.90 Å². The summed E-state index contributed by atoms with van der Waals surface area (Å²) in [6.07, 6.45) is 7.94. The van der Waals surface area contributed by atoms with Gasteiger partial charge in [-0.25, -0.2) is 4.98 Å². The molecule has 6 aromatic rings. The number of anilines is 3. The summed E-state index contributed by atoms with van der Waals surface area (Å²) < 4.78 is 9.13. The van der Waals surface area contributed by atoms with Gasteiger partial charge in [-0.2, -0.15) is 0 Å². The molecule has 0 N–H and O–H groups in total.